The van der Waals surface area contributed by atoms with Crippen LogP contribution < -0.4 is 0 Å². The standard InChI is InChI=1S/C16H16/c1-5-6-9-13(2)15(4)12-16-11-8-7-10-14(16)3/h5-6,9-12H,1-2H2,3-4H3/b9-6-,15-12-. The Kier molecular flexibility index (Phi) is 4.36. The van der Waals surface area contributed by atoms with Gasteiger partial charge in [-0.15, -0.1) is 0 Å². The molecule has 0 N–H and O–H groups in total. The molecule has 1 aromatic carbocycles. The lowest BCUT2D eigenvalue weighted by atomic mass is 10.0. The molecular formula is C16H16. The molecule has 0 heteroatoms. The minimum Gasteiger partial charge on any atom is -0.0991 e. The van der Waals surface area contributed by atoms with E-state index in [-0.39, 0.29) is 0 Å². The molecule has 0 unspecified atom stereocenters. The molecule has 16 heavy (non-hydrogen) atoms. The summed E-state index contributed by atoms with van der Waals surface area (Å²) >= 11 is 0. The van der Waals surface area contributed by atoms with E-state index in [0.29, 0.717) is 0 Å². The van der Waals surface area contributed by atoms with E-state index in [0.717, 1.165) is 16.7 Å². The molecule has 0 amide bonds. The minimum absolute atomic E-state index is 0.993. The van der Waals surface area contributed by atoms with Gasteiger partial charge in [-0.05, 0) is 48.3 Å². The summed E-state index contributed by atoms with van der Waals surface area (Å²) < 4.78 is 0. The predicted octanol–water partition coefficient (Wildman–Crippen LogP) is 4.30. The zero-order valence-corrected chi connectivity index (χ0v) is 9.88. The van der Waals surface area contributed by atoms with Crippen molar-refractivity contribution in [1.29, 1.82) is 0 Å². The molecule has 80 valence electrons. The molecule has 0 saturated carbocycles. The zero-order chi connectivity index (χ0) is 12.0. The first-order valence-corrected chi connectivity index (χ1v) is 5.20. The first-order valence-electron chi connectivity index (χ1n) is 5.20. The van der Waals surface area contributed by atoms with Gasteiger partial charge in [-0.1, -0.05) is 49.6 Å². The van der Waals surface area contributed by atoms with Gasteiger partial charge in [0.1, 0.15) is 0 Å². The fourth-order valence-corrected chi connectivity index (χ4v) is 1.26. The van der Waals surface area contributed by atoms with Gasteiger partial charge >= 0.3 is 0 Å². The summed E-state index contributed by atoms with van der Waals surface area (Å²) in [4.78, 5) is 0. The van der Waals surface area contributed by atoms with E-state index >= 15 is 0 Å². The number of rotatable bonds is 4. The highest BCUT2D eigenvalue weighted by Gasteiger charge is 1.95. The van der Waals surface area contributed by atoms with Crippen molar-refractivity contribution < 1.29 is 0 Å². The van der Waals surface area contributed by atoms with Gasteiger partial charge in [0.2, 0.25) is 0 Å². The lowest BCUT2D eigenvalue weighted by Gasteiger charge is -2.02. The van der Waals surface area contributed by atoms with Crippen LogP contribution in [0.4, 0.5) is 0 Å². The summed E-state index contributed by atoms with van der Waals surface area (Å²) in [5.41, 5.74) is 4.48. The molecule has 1 rings (SSSR count). The predicted molar refractivity (Wildman–Crippen MR) is 71.0 cm³/mol. The largest absolute Gasteiger partial charge is 0.0991 e. The highest BCUT2D eigenvalue weighted by atomic mass is 14.0. The van der Waals surface area contributed by atoms with E-state index in [1.807, 2.05) is 31.2 Å². The molecule has 0 aromatic heterocycles. The molecule has 0 fully saturated rings. The van der Waals surface area contributed by atoms with Gasteiger partial charge in [-0.2, -0.15) is 0 Å². The second-order valence-corrected chi connectivity index (χ2v) is 3.66. The molecular weight excluding hydrogens is 192 g/mol. The van der Waals surface area contributed by atoms with Crippen molar-refractivity contribution in [2.75, 3.05) is 0 Å². The highest BCUT2D eigenvalue weighted by Crippen LogP contribution is 2.15. The Morgan fingerprint density at radius 2 is 2.00 bits per heavy atom. The fraction of sp³-hybridized carbons (Fsp3) is 0.125. The normalized spacial score (nSPS) is 11.2. The maximum Gasteiger partial charge on any atom is -0.00397 e. The van der Waals surface area contributed by atoms with Gasteiger partial charge in [0.05, 0.1) is 0 Å². The van der Waals surface area contributed by atoms with Crippen molar-refractivity contribution in [2.24, 2.45) is 0 Å². The molecule has 0 bridgehead atoms. The third-order valence-corrected chi connectivity index (χ3v) is 2.37. The van der Waals surface area contributed by atoms with Gasteiger partial charge < -0.3 is 0 Å². The maximum atomic E-state index is 4.00. The van der Waals surface area contributed by atoms with Gasteiger partial charge in [-0.3, -0.25) is 0 Å². The van der Waals surface area contributed by atoms with Crippen LogP contribution in [0.3, 0.4) is 0 Å². The van der Waals surface area contributed by atoms with E-state index < -0.39 is 0 Å². The molecule has 0 spiro atoms. The third kappa shape index (κ3) is 3.29. The van der Waals surface area contributed by atoms with Crippen LogP contribution in [-0.4, -0.2) is 0 Å². The van der Waals surface area contributed by atoms with Gasteiger partial charge in [0, 0.05) is 0 Å². The quantitative estimate of drug-likeness (QED) is 0.647. The zero-order valence-electron chi connectivity index (χ0n) is 9.88. The lowest BCUT2D eigenvalue weighted by molar-refractivity contribution is 1.42. The average Bonchev–Trinajstić information content (AvgIpc) is 2.28. The van der Waals surface area contributed by atoms with Crippen LogP contribution in [0.15, 0.2) is 54.7 Å². The Labute approximate surface area is 98.3 Å². The van der Waals surface area contributed by atoms with Crippen LogP contribution in [0, 0.1) is 19.1 Å². The van der Waals surface area contributed by atoms with Gasteiger partial charge in [0.25, 0.3) is 0 Å². The monoisotopic (exact) mass is 208 g/mol. The van der Waals surface area contributed by atoms with Crippen molar-refractivity contribution in [1.82, 2.24) is 0 Å². The molecule has 0 atom stereocenters. The molecule has 0 aliphatic heterocycles. The molecule has 0 aliphatic rings. The Bertz CT molecular complexity index is 445. The summed E-state index contributed by atoms with van der Waals surface area (Å²) in [5, 5.41) is 0. The number of allylic oxidation sites excluding steroid dienone is 5. The molecule has 1 aromatic rings. The molecule has 0 heterocycles. The smallest absolute Gasteiger partial charge is 0.00397 e. The minimum atomic E-state index is 0.993. The highest BCUT2D eigenvalue weighted by molar-refractivity contribution is 5.61. The Balaban J connectivity index is 2.93. The lowest BCUT2D eigenvalue weighted by Crippen LogP contribution is -1.82. The maximum absolute atomic E-state index is 4.00. The number of hydrogen-bond donors (Lipinski definition) is 0. The molecule has 0 nitrogen and oxygen atoms in total. The second-order valence-electron chi connectivity index (χ2n) is 3.66. The summed E-state index contributed by atoms with van der Waals surface area (Å²) in [6.07, 6.45) is 7.69. The first kappa shape index (κ1) is 12.1. The summed E-state index contributed by atoms with van der Waals surface area (Å²) in [7, 11) is 0. The molecule has 0 aliphatic carbocycles. The number of aryl methyl sites for hydroxylation is 1. The van der Waals surface area contributed by atoms with E-state index in [1.54, 1.807) is 6.08 Å². The van der Waals surface area contributed by atoms with E-state index in [9.17, 15) is 0 Å². The molecule has 0 saturated heterocycles. The first-order chi connectivity index (χ1) is 7.65. The third-order valence-electron chi connectivity index (χ3n) is 2.37. The van der Waals surface area contributed by atoms with Crippen LogP contribution in [-0.2, 0) is 0 Å². The van der Waals surface area contributed by atoms with Crippen LogP contribution in [0.2, 0.25) is 0 Å². The van der Waals surface area contributed by atoms with Crippen LogP contribution >= 0.6 is 0 Å². The van der Waals surface area contributed by atoms with Crippen molar-refractivity contribution in [3.63, 3.8) is 0 Å². The van der Waals surface area contributed by atoms with E-state index in [4.69, 9.17) is 0 Å². The fourth-order valence-electron chi connectivity index (χ4n) is 1.26. The van der Waals surface area contributed by atoms with Crippen LogP contribution in [0.5, 0.6) is 0 Å². The van der Waals surface area contributed by atoms with Crippen LogP contribution in [0.25, 0.3) is 6.08 Å². The molecule has 0 radical (unpaired) electrons. The summed E-state index contributed by atoms with van der Waals surface area (Å²) in [5.74, 6) is 0. The topological polar surface area (TPSA) is 0 Å². The Morgan fingerprint density at radius 1 is 1.31 bits per heavy atom. The average molecular weight is 208 g/mol. The second kappa shape index (κ2) is 5.78. The number of hydrogen-bond acceptors (Lipinski definition) is 0. The van der Waals surface area contributed by atoms with E-state index in [2.05, 4.69) is 38.3 Å². The van der Waals surface area contributed by atoms with Crippen LogP contribution in [0.1, 0.15) is 18.1 Å². The summed E-state index contributed by atoms with van der Waals surface area (Å²) in [6.45, 7) is 11.7. The van der Waals surface area contributed by atoms with Gasteiger partial charge in [-0.25, -0.2) is 0 Å². The van der Waals surface area contributed by atoms with Crippen molar-refractivity contribution in [3.05, 3.63) is 77.9 Å². The Hall–Kier alpha value is -2.00. The van der Waals surface area contributed by atoms with Gasteiger partial charge in [0.15, 0.2) is 0 Å². The summed E-state index contributed by atoms with van der Waals surface area (Å²) in [6, 6.07) is 9.76. The van der Waals surface area contributed by atoms with E-state index in [1.165, 1.54) is 5.56 Å². The van der Waals surface area contributed by atoms with Crippen molar-refractivity contribution >= 4 is 6.08 Å². The SMILES string of the molecule is C=C/C=C\C(=C)/C(C)=C\c1cc#ccc1C. The van der Waals surface area contributed by atoms with Crippen molar-refractivity contribution in [3.8, 4) is 0 Å². The Morgan fingerprint density at radius 3 is 2.62 bits per heavy atom. The van der Waals surface area contributed by atoms with Crippen molar-refractivity contribution in [2.45, 2.75) is 13.8 Å².